The Hall–Kier alpha value is -4.86. The van der Waals surface area contributed by atoms with Gasteiger partial charge in [-0.15, -0.1) is 0 Å². The predicted octanol–water partition coefficient (Wildman–Crippen LogP) is 3.66. The fourth-order valence-electron chi connectivity index (χ4n) is 5.11. The van der Waals surface area contributed by atoms with Crippen molar-refractivity contribution >= 4 is 22.8 Å². The molecule has 1 amide bonds. The van der Waals surface area contributed by atoms with Gasteiger partial charge in [-0.05, 0) is 41.8 Å². The van der Waals surface area contributed by atoms with Gasteiger partial charge in [0.15, 0.2) is 11.5 Å². The van der Waals surface area contributed by atoms with Crippen molar-refractivity contribution in [3.05, 3.63) is 105 Å². The number of rotatable bonds is 11. The van der Waals surface area contributed by atoms with Crippen LogP contribution >= 0.6 is 0 Å². The normalized spacial score (nSPS) is 13.6. The highest BCUT2D eigenvalue weighted by Gasteiger charge is 2.29. The minimum atomic E-state index is -1.14. The summed E-state index contributed by atoms with van der Waals surface area (Å²) >= 11 is 0. The van der Waals surface area contributed by atoms with Gasteiger partial charge < -0.3 is 19.9 Å². The number of para-hydroxylation sites is 1. The number of aliphatic carboxylic acids is 1. The van der Waals surface area contributed by atoms with Gasteiger partial charge in [-0.25, -0.2) is 9.36 Å². The van der Waals surface area contributed by atoms with Crippen molar-refractivity contribution < 1.29 is 24.2 Å². The molecular formula is C31H31N3O7. The van der Waals surface area contributed by atoms with Crippen molar-refractivity contribution in [1.82, 2.24) is 14.5 Å². The van der Waals surface area contributed by atoms with E-state index in [2.05, 4.69) is 5.32 Å². The molecule has 0 unspecified atom stereocenters. The number of benzene rings is 3. The van der Waals surface area contributed by atoms with Crippen LogP contribution in [-0.2, 0) is 16.1 Å². The summed E-state index contributed by atoms with van der Waals surface area (Å²) in [5.41, 5.74) is 0.620. The quantitative estimate of drug-likeness (QED) is 0.288. The molecule has 0 bridgehead atoms. The van der Waals surface area contributed by atoms with E-state index in [1.165, 1.54) is 4.57 Å². The molecular weight excluding hydrogens is 526 g/mol. The number of hydrogen-bond acceptors (Lipinski definition) is 6. The number of amides is 1. The largest absolute Gasteiger partial charge is 0.481 e. The third-order valence-electron chi connectivity index (χ3n) is 7.29. The summed E-state index contributed by atoms with van der Waals surface area (Å²) in [5.74, 6) is -1.86. The molecule has 0 radical (unpaired) electrons. The van der Waals surface area contributed by atoms with Gasteiger partial charge in [0.1, 0.15) is 6.04 Å². The lowest BCUT2D eigenvalue weighted by atomic mass is 9.98. The first-order valence-electron chi connectivity index (χ1n) is 13.6. The number of carbonyl (C=O) groups is 2. The first-order chi connectivity index (χ1) is 19.9. The number of nitrogens with one attached hydrogen (secondary N) is 1. The van der Waals surface area contributed by atoms with Gasteiger partial charge in [-0.3, -0.25) is 19.0 Å². The van der Waals surface area contributed by atoms with Crippen LogP contribution in [0.3, 0.4) is 0 Å². The average Bonchev–Trinajstić information content (AvgIpc) is 3.45. The number of unbranched alkanes of at least 4 members (excludes halogenated alkanes) is 1. The van der Waals surface area contributed by atoms with E-state index >= 15 is 0 Å². The Morgan fingerprint density at radius 1 is 0.976 bits per heavy atom. The van der Waals surface area contributed by atoms with E-state index in [-0.39, 0.29) is 26.3 Å². The number of nitrogens with zero attached hydrogens (tertiary/aromatic N) is 2. The van der Waals surface area contributed by atoms with Gasteiger partial charge in [-0.2, -0.15) is 0 Å². The Morgan fingerprint density at radius 2 is 1.71 bits per heavy atom. The highest BCUT2D eigenvalue weighted by Crippen LogP contribution is 2.34. The summed E-state index contributed by atoms with van der Waals surface area (Å²) in [6.07, 6.45) is 1.56. The molecule has 5 rings (SSSR count). The summed E-state index contributed by atoms with van der Waals surface area (Å²) in [7, 11) is 0. The number of carbonyl (C=O) groups excluding carboxylic acids is 1. The van der Waals surface area contributed by atoms with Crippen molar-refractivity contribution in [2.24, 2.45) is 0 Å². The van der Waals surface area contributed by atoms with E-state index in [9.17, 15) is 24.3 Å². The lowest BCUT2D eigenvalue weighted by Gasteiger charge is -2.22. The maximum absolute atomic E-state index is 13.9. The molecule has 1 aromatic heterocycles. The molecule has 10 heteroatoms. The first kappa shape index (κ1) is 27.7. The van der Waals surface area contributed by atoms with Crippen LogP contribution in [0.1, 0.15) is 49.3 Å². The number of fused-ring (bicyclic) bond motifs is 2. The lowest BCUT2D eigenvalue weighted by Crippen LogP contribution is -2.48. The Kier molecular flexibility index (Phi) is 8.19. The van der Waals surface area contributed by atoms with Crippen molar-refractivity contribution in [2.75, 3.05) is 13.3 Å². The second-order valence-electron chi connectivity index (χ2n) is 9.95. The van der Waals surface area contributed by atoms with Crippen molar-refractivity contribution in [1.29, 1.82) is 0 Å². The van der Waals surface area contributed by atoms with Gasteiger partial charge in [-0.1, -0.05) is 68.3 Å². The smallest absolute Gasteiger partial charge is 0.332 e. The first-order valence-corrected chi connectivity index (χ1v) is 13.6. The molecule has 212 valence electrons. The van der Waals surface area contributed by atoms with Gasteiger partial charge in [0, 0.05) is 6.54 Å². The third kappa shape index (κ3) is 5.72. The lowest BCUT2D eigenvalue weighted by molar-refractivity contribution is -0.138. The molecule has 0 saturated carbocycles. The van der Waals surface area contributed by atoms with E-state index in [0.29, 0.717) is 34.4 Å². The monoisotopic (exact) mass is 557 g/mol. The SMILES string of the molecule is CCCC[C@@H](C(=O)NC[C@@H](C(=O)O)c1ccc2c(c1)OCO2)n1c(=O)c2ccccc2n(Cc2ccccc2)c1=O. The van der Waals surface area contributed by atoms with Gasteiger partial charge in [0.2, 0.25) is 12.7 Å². The Morgan fingerprint density at radius 3 is 2.46 bits per heavy atom. The molecule has 0 aliphatic carbocycles. The van der Waals surface area contributed by atoms with Crippen LogP contribution in [0, 0.1) is 0 Å². The Balaban J connectivity index is 1.50. The van der Waals surface area contributed by atoms with E-state index < -0.39 is 35.1 Å². The molecule has 10 nitrogen and oxygen atoms in total. The van der Waals surface area contributed by atoms with E-state index in [0.717, 1.165) is 16.6 Å². The minimum Gasteiger partial charge on any atom is -0.481 e. The van der Waals surface area contributed by atoms with Gasteiger partial charge in [0.25, 0.3) is 5.56 Å². The zero-order valence-electron chi connectivity index (χ0n) is 22.6. The molecule has 41 heavy (non-hydrogen) atoms. The molecule has 0 fully saturated rings. The Labute approximate surface area is 235 Å². The molecule has 2 N–H and O–H groups in total. The number of ether oxygens (including phenoxy) is 2. The molecule has 2 atom stereocenters. The summed E-state index contributed by atoms with van der Waals surface area (Å²) < 4.78 is 13.2. The second-order valence-corrected chi connectivity index (χ2v) is 9.95. The molecule has 0 saturated heterocycles. The summed E-state index contributed by atoms with van der Waals surface area (Å²) in [5, 5.41) is 13.0. The minimum absolute atomic E-state index is 0.0503. The van der Waals surface area contributed by atoms with Gasteiger partial charge >= 0.3 is 11.7 Å². The second kappa shape index (κ2) is 12.1. The van der Waals surface area contributed by atoms with Crippen LogP contribution in [-0.4, -0.2) is 39.5 Å². The van der Waals surface area contributed by atoms with Crippen LogP contribution in [0.15, 0.2) is 82.4 Å². The molecule has 3 aromatic carbocycles. The van der Waals surface area contributed by atoms with Crippen LogP contribution in [0.4, 0.5) is 0 Å². The third-order valence-corrected chi connectivity index (χ3v) is 7.29. The van der Waals surface area contributed by atoms with Gasteiger partial charge in [0.05, 0.1) is 23.4 Å². The van der Waals surface area contributed by atoms with Crippen molar-refractivity contribution in [2.45, 2.75) is 44.7 Å². The number of hydrogen-bond donors (Lipinski definition) is 2. The van der Waals surface area contributed by atoms with Crippen molar-refractivity contribution in [3.8, 4) is 11.5 Å². The maximum atomic E-state index is 13.9. The summed E-state index contributed by atoms with van der Waals surface area (Å²) in [6, 6.07) is 19.9. The molecule has 0 spiro atoms. The topological polar surface area (TPSA) is 129 Å². The van der Waals surface area contributed by atoms with Crippen molar-refractivity contribution in [3.63, 3.8) is 0 Å². The molecule has 1 aliphatic rings. The highest BCUT2D eigenvalue weighted by molar-refractivity contribution is 5.83. The predicted molar refractivity (Wildman–Crippen MR) is 153 cm³/mol. The highest BCUT2D eigenvalue weighted by atomic mass is 16.7. The zero-order chi connectivity index (χ0) is 28.9. The van der Waals surface area contributed by atoms with E-state index in [4.69, 9.17) is 9.47 Å². The standard InChI is InChI=1S/C31H31N3O7/c1-2-3-12-25(28(35)32-17-23(30(37)38)21-14-15-26-27(16-21)41-19-40-26)34-29(36)22-11-7-8-13-24(22)33(31(34)39)18-20-9-5-4-6-10-20/h4-11,13-16,23,25H,2-3,12,17-19H2,1H3,(H,32,35)(H,37,38)/t23-,25+/m1/s1. The Bertz CT molecular complexity index is 1690. The van der Waals surface area contributed by atoms with Crippen LogP contribution in [0.5, 0.6) is 11.5 Å². The summed E-state index contributed by atoms with van der Waals surface area (Å²) in [4.78, 5) is 53.4. The summed E-state index contributed by atoms with van der Waals surface area (Å²) in [6.45, 7) is 1.98. The van der Waals surface area contributed by atoms with Crippen LogP contribution in [0.25, 0.3) is 10.9 Å². The van der Waals surface area contributed by atoms with E-state index in [1.54, 1.807) is 42.5 Å². The van der Waals surface area contributed by atoms with Crippen LogP contribution < -0.4 is 26.0 Å². The maximum Gasteiger partial charge on any atom is 0.332 e. The fraction of sp³-hybridized carbons (Fsp3) is 0.290. The molecule has 1 aliphatic heterocycles. The fourth-order valence-corrected chi connectivity index (χ4v) is 5.11. The zero-order valence-corrected chi connectivity index (χ0v) is 22.6. The molecule has 2 heterocycles. The number of carboxylic acid groups (broad SMARTS) is 1. The number of carboxylic acids is 1. The van der Waals surface area contributed by atoms with E-state index in [1.807, 2.05) is 37.3 Å². The van der Waals surface area contributed by atoms with Crippen LogP contribution in [0.2, 0.25) is 0 Å². The number of aromatic nitrogens is 2. The molecule has 4 aromatic rings. The average molecular weight is 558 g/mol.